The summed E-state index contributed by atoms with van der Waals surface area (Å²) >= 11 is 5.86. The van der Waals surface area contributed by atoms with Gasteiger partial charge in [-0.2, -0.15) is 10.2 Å². The predicted octanol–water partition coefficient (Wildman–Crippen LogP) is 10.5. The first-order chi connectivity index (χ1) is 30.2. The molecule has 0 atom stereocenters. The van der Waals surface area contributed by atoms with Gasteiger partial charge in [-0.15, -0.1) is 0 Å². The Kier molecular flexibility index (Phi) is 11.8. The second-order valence-electron chi connectivity index (χ2n) is 14.2. The summed E-state index contributed by atoms with van der Waals surface area (Å²) in [6.45, 7) is 2.02. The third-order valence-electron chi connectivity index (χ3n) is 10.0. The molecule has 0 saturated heterocycles. The molecule has 0 N–H and O–H groups in total. The molecule has 0 unspecified atom stereocenters. The number of rotatable bonds is 5. The van der Waals surface area contributed by atoms with Gasteiger partial charge < -0.3 is 4.52 Å². The van der Waals surface area contributed by atoms with Gasteiger partial charge in [-0.3, -0.25) is 14.2 Å². The second kappa shape index (κ2) is 17.9. The van der Waals surface area contributed by atoms with Crippen molar-refractivity contribution in [2.24, 2.45) is 14.1 Å². The Bertz CT molecular complexity index is 3440. The van der Waals surface area contributed by atoms with Gasteiger partial charge in [0.25, 0.3) is 0 Å². The van der Waals surface area contributed by atoms with Crippen LogP contribution in [0.15, 0.2) is 151 Å². The number of hydrogen-bond acceptors (Lipinski definition) is 11. The molecule has 63 heavy (non-hydrogen) atoms. The highest BCUT2D eigenvalue weighted by molar-refractivity contribution is 6.34. The molecular formula is C48H37ClFN11O2. The van der Waals surface area contributed by atoms with Crippen LogP contribution >= 0.6 is 11.6 Å². The highest BCUT2D eigenvalue weighted by Gasteiger charge is 2.19. The van der Waals surface area contributed by atoms with Crippen molar-refractivity contribution in [3.63, 3.8) is 0 Å². The van der Waals surface area contributed by atoms with Crippen molar-refractivity contribution < 1.29 is 13.7 Å². The van der Waals surface area contributed by atoms with Crippen LogP contribution in [0.5, 0.6) is 0 Å². The summed E-state index contributed by atoms with van der Waals surface area (Å²) < 4.78 is 22.9. The fourth-order valence-corrected chi connectivity index (χ4v) is 7.15. The molecule has 5 aromatic carbocycles. The van der Waals surface area contributed by atoms with Crippen molar-refractivity contribution in [1.29, 1.82) is 0 Å². The minimum atomic E-state index is -0.564. The highest BCUT2D eigenvalue weighted by atomic mass is 35.5. The molecule has 0 spiro atoms. The summed E-state index contributed by atoms with van der Waals surface area (Å²) in [5.41, 5.74) is 10.00. The quantitative estimate of drug-likeness (QED) is 0.120. The molecule has 6 heterocycles. The molecule has 6 aromatic heterocycles. The first-order valence-electron chi connectivity index (χ1n) is 19.2. The Labute approximate surface area is 364 Å². The molecule has 0 aliphatic heterocycles. The molecule has 0 bridgehead atoms. The second-order valence-corrected chi connectivity index (χ2v) is 14.6. The van der Waals surface area contributed by atoms with Crippen LogP contribution in [0.1, 0.15) is 29.0 Å². The fraction of sp³-hybridized carbons (Fsp3) is 0.0833. The van der Waals surface area contributed by atoms with E-state index in [1.807, 2.05) is 106 Å². The molecule has 310 valence electrons. The van der Waals surface area contributed by atoms with Crippen LogP contribution in [0.25, 0.3) is 77.3 Å². The van der Waals surface area contributed by atoms with Crippen LogP contribution in [0, 0.1) is 12.7 Å². The van der Waals surface area contributed by atoms with E-state index in [9.17, 15) is 9.18 Å². The number of aromatic nitrogens is 11. The summed E-state index contributed by atoms with van der Waals surface area (Å²) in [5.74, 6) is -1.02. The van der Waals surface area contributed by atoms with Gasteiger partial charge in [0.2, 0.25) is 5.78 Å². The zero-order valence-corrected chi connectivity index (χ0v) is 34.1. The van der Waals surface area contributed by atoms with E-state index in [0.717, 1.165) is 66.4 Å². The number of nitrogens with zero attached hydrogens (tertiary/aromatic N) is 11. The molecule has 0 fully saturated rings. The Morgan fingerprint density at radius 1 is 0.603 bits per heavy atom. The topological polar surface area (TPSA) is 156 Å². The molecular weight excluding hydrogens is 817 g/mol. The van der Waals surface area contributed by atoms with E-state index in [0.29, 0.717) is 16.1 Å². The van der Waals surface area contributed by atoms with Crippen molar-refractivity contribution in [3.05, 3.63) is 175 Å². The highest BCUT2D eigenvalue weighted by Crippen LogP contribution is 2.33. The lowest BCUT2D eigenvalue weighted by Gasteiger charge is -2.06. The number of aryl methyl sites for hydroxylation is 3. The van der Waals surface area contributed by atoms with Crippen LogP contribution < -0.4 is 0 Å². The van der Waals surface area contributed by atoms with E-state index in [4.69, 9.17) is 16.1 Å². The number of fused-ring (bicyclic) bond motifs is 4. The smallest absolute Gasteiger partial charge is 0.215 e. The average Bonchev–Trinajstić information content (AvgIpc) is 4.06. The van der Waals surface area contributed by atoms with Crippen molar-refractivity contribution >= 4 is 61.1 Å². The molecule has 0 aliphatic carbocycles. The normalized spacial score (nSPS) is 10.9. The summed E-state index contributed by atoms with van der Waals surface area (Å²) in [5, 5.41) is 16.5. The molecule has 0 aliphatic rings. The minimum absolute atomic E-state index is 0. The lowest BCUT2D eigenvalue weighted by molar-refractivity contribution is 0.103. The van der Waals surface area contributed by atoms with Gasteiger partial charge in [-0.1, -0.05) is 66.6 Å². The number of hydrogen-bond donors (Lipinski definition) is 0. The number of halogens is 2. The van der Waals surface area contributed by atoms with E-state index in [1.165, 1.54) is 30.4 Å². The molecule has 15 heteroatoms. The summed E-state index contributed by atoms with van der Waals surface area (Å²) in [6.07, 6.45) is 11.8. The number of para-hydroxylation sites is 1. The van der Waals surface area contributed by atoms with Gasteiger partial charge in [-0.05, 0) is 84.3 Å². The number of ketones is 1. The number of benzene rings is 5. The van der Waals surface area contributed by atoms with Gasteiger partial charge in [0, 0.05) is 53.8 Å². The fourth-order valence-electron chi connectivity index (χ4n) is 6.95. The third kappa shape index (κ3) is 8.60. The van der Waals surface area contributed by atoms with Gasteiger partial charge in [0.05, 0.1) is 39.9 Å². The van der Waals surface area contributed by atoms with E-state index in [-0.39, 0.29) is 18.7 Å². The van der Waals surface area contributed by atoms with E-state index < -0.39 is 11.6 Å². The van der Waals surface area contributed by atoms with Crippen LogP contribution in [0.3, 0.4) is 0 Å². The lowest BCUT2D eigenvalue weighted by Crippen LogP contribution is -2.07. The van der Waals surface area contributed by atoms with Crippen molar-refractivity contribution in [3.8, 4) is 33.6 Å². The Balaban J connectivity index is 0.000000136. The van der Waals surface area contributed by atoms with Crippen molar-refractivity contribution in [1.82, 2.24) is 54.6 Å². The van der Waals surface area contributed by atoms with E-state index in [1.54, 1.807) is 40.1 Å². The zero-order valence-electron chi connectivity index (χ0n) is 33.3. The van der Waals surface area contributed by atoms with Gasteiger partial charge in [-0.25, -0.2) is 34.3 Å². The standard InChI is InChI=1S/C19H13FN4O.C19H13N5O.C9H7ClN2.CH4/c1-24-10-13(9-23-24)12-6-7-15-17(8-12)21-11-22-18(15)19(25)14-4-2-3-5-16(14)20;1-24-10-13(9-22-24)12-6-7-14-16(8-12)20-11-21-18(14)19-15-4-2-3-5-17(15)25-23-19;1-6-2-3-7-8(4-6)11-5-12-9(7)10;/h2*2-11H,1H3;2-5H,1H3;1H4. The van der Waals surface area contributed by atoms with Gasteiger partial charge in [0.15, 0.2) is 5.58 Å². The van der Waals surface area contributed by atoms with Gasteiger partial charge in [0.1, 0.15) is 47.0 Å². The van der Waals surface area contributed by atoms with Gasteiger partial charge >= 0.3 is 0 Å². The maximum Gasteiger partial charge on any atom is 0.215 e. The van der Waals surface area contributed by atoms with Crippen molar-refractivity contribution in [2.75, 3.05) is 0 Å². The third-order valence-corrected chi connectivity index (χ3v) is 10.3. The summed E-state index contributed by atoms with van der Waals surface area (Å²) in [6, 6.07) is 31.2. The molecule has 0 amide bonds. The van der Waals surface area contributed by atoms with Crippen LogP contribution in [-0.4, -0.2) is 60.4 Å². The monoisotopic (exact) mass is 853 g/mol. The summed E-state index contributed by atoms with van der Waals surface area (Å²) in [4.78, 5) is 37.9. The largest absolute Gasteiger partial charge is 0.356 e. The Hall–Kier alpha value is -8.10. The Morgan fingerprint density at radius 2 is 1.19 bits per heavy atom. The molecule has 0 radical (unpaired) electrons. The lowest BCUT2D eigenvalue weighted by atomic mass is 10.0. The minimum Gasteiger partial charge on any atom is -0.356 e. The zero-order chi connectivity index (χ0) is 42.7. The number of carbonyl (C=O) groups is 1. The van der Waals surface area contributed by atoms with Crippen LogP contribution in [0.2, 0.25) is 5.15 Å². The van der Waals surface area contributed by atoms with Crippen LogP contribution in [-0.2, 0) is 14.1 Å². The number of carbonyl (C=O) groups excluding carboxylic acids is 1. The average molecular weight is 854 g/mol. The maximum atomic E-state index is 13.9. The van der Waals surface area contributed by atoms with E-state index in [2.05, 4.69) is 51.3 Å². The predicted molar refractivity (Wildman–Crippen MR) is 242 cm³/mol. The summed E-state index contributed by atoms with van der Waals surface area (Å²) in [7, 11) is 3.75. The molecule has 0 saturated carbocycles. The maximum absolute atomic E-state index is 13.9. The molecule has 13 nitrogen and oxygen atoms in total. The molecule has 11 rings (SSSR count). The van der Waals surface area contributed by atoms with Crippen LogP contribution in [0.4, 0.5) is 4.39 Å². The SMILES string of the molecule is C.Cc1ccc2c(Cl)ncnc2c1.Cn1cc(-c2ccc3c(-c4noc5ccccc45)ncnc3c2)cn1.Cn1cc(-c2ccc3c(C(=O)c4ccccc4F)ncnc3c2)cn1. The Morgan fingerprint density at radius 3 is 1.87 bits per heavy atom. The van der Waals surface area contributed by atoms with Crippen molar-refractivity contribution in [2.45, 2.75) is 14.4 Å². The first-order valence-corrected chi connectivity index (χ1v) is 19.6. The first kappa shape index (κ1) is 41.6. The van der Waals surface area contributed by atoms with E-state index >= 15 is 0 Å². The molecule has 11 aromatic rings.